The molecular formula is C19H17N5OS2. The number of aldehydes is 1. The van der Waals surface area contributed by atoms with Gasteiger partial charge in [-0.05, 0) is 24.3 Å². The minimum absolute atomic E-state index is 0.578. The van der Waals surface area contributed by atoms with E-state index in [-0.39, 0.29) is 0 Å². The molecule has 0 bridgehead atoms. The van der Waals surface area contributed by atoms with Crippen LogP contribution in [0.25, 0.3) is 20.4 Å². The first kappa shape index (κ1) is 17.6. The summed E-state index contributed by atoms with van der Waals surface area (Å²) < 4.78 is 1.13. The van der Waals surface area contributed by atoms with Gasteiger partial charge >= 0.3 is 0 Å². The van der Waals surface area contributed by atoms with Crippen LogP contribution in [-0.2, 0) is 0 Å². The second-order valence-electron chi connectivity index (χ2n) is 6.20. The molecule has 0 saturated carbocycles. The van der Waals surface area contributed by atoms with Crippen LogP contribution in [0.3, 0.4) is 0 Å². The monoisotopic (exact) mass is 395 g/mol. The summed E-state index contributed by atoms with van der Waals surface area (Å²) in [7, 11) is 5.87. The number of hydrogen-bond acceptors (Lipinski definition) is 7. The minimum atomic E-state index is 0.578. The van der Waals surface area contributed by atoms with Gasteiger partial charge in [0.2, 0.25) is 0 Å². The van der Waals surface area contributed by atoms with Crippen LogP contribution in [-0.4, -0.2) is 43.7 Å². The zero-order valence-electron chi connectivity index (χ0n) is 15.1. The fourth-order valence-corrected chi connectivity index (χ4v) is 4.50. The van der Waals surface area contributed by atoms with Gasteiger partial charge in [-0.25, -0.2) is 15.0 Å². The number of thiazole rings is 1. The molecule has 136 valence electrons. The van der Waals surface area contributed by atoms with Gasteiger partial charge in [-0.2, -0.15) is 0 Å². The van der Waals surface area contributed by atoms with Crippen molar-refractivity contribution in [3.8, 4) is 0 Å². The molecule has 0 aliphatic rings. The van der Waals surface area contributed by atoms with Gasteiger partial charge in [0, 0.05) is 33.0 Å². The van der Waals surface area contributed by atoms with Gasteiger partial charge in [-0.3, -0.25) is 4.79 Å². The highest BCUT2D eigenvalue weighted by atomic mass is 32.1. The number of aliphatic imine (C=N–C) groups is 1. The summed E-state index contributed by atoms with van der Waals surface area (Å²) in [6.07, 6.45) is 4.34. The molecule has 3 aromatic heterocycles. The van der Waals surface area contributed by atoms with Crippen molar-refractivity contribution in [1.29, 1.82) is 0 Å². The van der Waals surface area contributed by atoms with E-state index in [1.54, 1.807) is 23.9 Å². The number of benzene rings is 1. The number of thiophene rings is 1. The summed E-state index contributed by atoms with van der Waals surface area (Å²) in [4.78, 5) is 30.3. The molecule has 27 heavy (non-hydrogen) atoms. The van der Waals surface area contributed by atoms with Crippen LogP contribution in [0.5, 0.6) is 0 Å². The quantitative estimate of drug-likeness (QED) is 0.281. The van der Waals surface area contributed by atoms with E-state index < -0.39 is 0 Å². The predicted molar refractivity (Wildman–Crippen MR) is 116 cm³/mol. The molecule has 8 heteroatoms. The number of pyridine rings is 1. The Labute approximate surface area is 164 Å². The smallest absolute Gasteiger partial charge is 0.162 e. The van der Waals surface area contributed by atoms with Crippen molar-refractivity contribution in [2.75, 3.05) is 30.9 Å². The average molecular weight is 396 g/mol. The molecule has 4 rings (SSSR count). The number of hydrogen-bond donors (Lipinski definition) is 0. The summed E-state index contributed by atoms with van der Waals surface area (Å²) in [6.45, 7) is 0. The highest BCUT2D eigenvalue weighted by Crippen LogP contribution is 2.40. The second kappa shape index (κ2) is 7.05. The third-order valence-corrected chi connectivity index (χ3v) is 6.05. The number of fused-ring (bicyclic) bond motifs is 2. The van der Waals surface area contributed by atoms with Gasteiger partial charge in [-0.15, -0.1) is 22.7 Å². The lowest BCUT2D eigenvalue weighted by molar-refractivity contribution is 0.112. The Balaban J connectivity index is 1.76. The summed E-state index contributed by atoms with van der Waals surface area (Å²) in [5.74, 6) is 0. The number of anilines is 2. The first-order chi connectivity index (χ1) is 13.1. The van der Waals surface area contributed by atoms with Crippen molar-refractivity contribution in [2.45, 2.75) is 0 Å². The number of carbonyl (C=O) groups is 1. The third kappa shape index (κ3) is 3.17. The fraction of sp³-hybridized carbons (Fsp3) is 0.158. The van der Waals surface area contributed by atoms with Crippen molar-refractivity contribution in [3.63, 3.8) is 0 Å². The van der Waals surface area contributed by atoms with Gasteiger partial charge in [-0.1, -0.05) is 0 Å². The predicted octanol–water partition coefficient (Wildman–Crippen LogP) is 4.58. The molecule has 0 aliphatic carbocycles. The van der Waals surface area contributed by atoms with Crippen molar-refractivity contribution in [1.82, 2.24) is 9.97 Å². The summed E-state index contributed by atoms with van der Waals surface area (Å²) in [6, 6.07) is 8.02. The number of rotatable bonds is 5. The normalized spacial score (nSPS) is 11.5. The van der Waals surface area contributed by atoms with E-state index in [1.165, 1.54) is 11.3 Å². The van der Waals surface area contributed by atoms with Gasteiger partial charge in [0.05, 0.1) is 43.7 Å². The molecule has 0 N–H and O–H groups in total. The first-order valence-electron chi connectivity index (χ1n) is 8.22. The third-order valence-electron chi connectivity index (χ3n) is 4.24. The number of nitrogens with zero attached hydrogens (tertiary/aromatic N) is 5. The molecule has 0 amide bonds. The highest BCUT2D eigenvalue weighted by molar-refractivity contribution is 7.21. The van der Waals surface area contributed by atoms with Crippen LogP contribution in [0, 0.1) is 0 Å². The van der Waals surface area contributed by atoms with Crippen molar-refractivity contribution < 1.29 is 4.79 Å². The molecule has 6 nitrogen and oxygen atoms in total. The topological polar surface area (TPSA) is 61.7 Å². The Bertz CT molecular complexity index is 1160. The zero-order valence-corrected chi connectivity index (χ0v) is 16.7. The molecule has 0 aliphatic heterocycles. The molecule has 4 aromatic rings. The lowest BCUT2D eigenvalue weighted by Gasteiger charge is -2.15. The summed E-state index contributed by atoms with van der Waals surface area (Å²) >= 11 is 2.97. The zero-order chi connectivity index (χ0) is 19.0. The summed E-state index contributed by atoms with van der Waals surface area (Å²) in [5.41, 5.74) is 5.49. The Morgan fingerprint density at radius 2 is 2.00 bits per heavy atom. The average Bonchev–Trinajstić information content (AvgIpc) is 3.28. The molecule has 0 spiro atoms. The van der Waals surface area contributed by atoms with Crippen LogP contribution in [0.2, 0.25) is 0 Å². The molecule has 0 saturated heterocycles. The maximum Gasteiger partial charge on any atom is 0.162 e. The lowest BCUT2D eigenvalue weighted by atomic mass is 10.2. The molecular weight excluding hydrogens is 378 g/mol. The van der Waals surface area contributed by atoms with E-state index in [2.05, 4.69) is 21.0 Å². The molecule has 1 aromatic carbocycles. The molecule has 0 radical (unpaired) electrons. The highest BCUT2D eigenvalue weighted by Gasteiger charge is 2.16. The van der Waals surface area contributed by atoms with E-state index in [1.807, 2.05) is 54.7 Å². The SMILES string of the molecule is CN(C)c1ccnc2sc(C=O)c(N=CN(C)c3ccc4ncsc4c3)c12. The van der Waals surface area contributed by atoms with Gasteiger partial charge in [0.25, 0.3) is 0 Å². The maximum absolute atomic E-state index is 11.6. The van der Waals surface area contributed by atoms with Crippen LogP contribution < -0.4 is 9.80 Å². The van der Waals surface area contributed by atoms with E-state index >= 15 is 0 Å². The van der Waals surface area contributed by atoms with Crippen LogP contribution >= 0.6 is 22.7 Å². The summed E-state index contributed by atoms with van der Waals surface area (Å²) in [5, 5.41) is 0.900. The van der Waals surface area contributed by atoms with E-state index in [4.69, 9.17) is 0 Å². The Morgan fingerprint density at radius 3 is 2.78 bits per heavy atom. The number of carbonyl (C=O) groups excluding carboxylic acids is 1. The van der Waals surface area contributed by atoms with E-state index in [9.17, 15) is 4.79 Å². The minimum Gasteiger partial charge on any atom is -0.377 e. The molecule has 3 heterocycles. The molecule has 0 unspecified atom stereocenters. The van der Waals surface area contributed by atoms with Gasteiger partial charge in [0.1, 0.15) is 4.83 Å². The molecule has 0 atom stereocenters. The van der Waals surface area contributed by atoms with E-state index in [0.29, 0.717) is 10.6 Å². The van der Waals surface area contributed by atoms with E-state index in [0.717, 1.165) is 38.1 Å². The Kier molecular flexibility index (Phi) is 4.59. The van der Waals surface area contributed by atoms with Crippen LogP contribution in [0.15, 0.2) is 41.0 Å². The van der Waals surface area contributed by atoms with Crippen LogP contribution in [0.4, 0.5) is 17.1 Å². The lowest BCUT2D eigenvalue weighted by Crippen LogP contribution is -2.13. The maximum atomic E-state index is 11.6. The van der Waals surface area contributed by atoms with Gasteiger partial charge in [0.15, 0.2) is 6.29 Å². The first-order valence-corrected chi connectivity index (χ1v) is 9.92. The molecule has 0 fully saturated rings. The Morgan fingerprint density at radius 1 is 1.15 bits per heavy atom. The Hall–Kier alpha value is -2.84. The standard InChI is InChI=1S/C19H17N5OS2/c1-23(2)14-6-7-20-19-17(14)18(16(9-25)27-19)21-10-24(3)12-4-5-13-15(8-12)26-11-22-13/h4-11H,1-3H3. The largest absolute Gasteiger partial charge is 0.377 e. The fourth-order valence-electron chi connectivity index (χ4n) is 2.86. The number of aromatic nitrogens is 2. The van der Waals surface area contributed by atoms with Crippen molar-refractivity contribution in [2.24, 2.45) is 4.99 Å². The van der Waals surface area contributed by atoms with Crippen LogP contribution in [0.1, 0.15) is 9.67 Å². The van der Waals surface area contributed by atoms with Crippen molar-refractivity contribution >= 4 is 72.8 Å². The second-order valence-corrected chi connectivity index (χ2v) is 8.11. The van der Waals surface area contributed by atoms with Gasteiger partial charge < -0.3 is 9.80 Å². The van der Waals surface area contributed by atoms with Crippen molar-refractivity contribution in [3.05, 3.63) is 40.8 Å².